The number of fused-ring (bicyclic) bond motifs is 2. The van der Waals surface area contributed by atoms with Gasteiger partial charge in [-0.25, -0.2) is 9.97 Å². The average Bonchev–Trinajstić information content (AvgIpc) is 3.16. The van der Waals surface area contributed by atoms with Crippen molar-refractivity contribution in [1.82, 2.24) is 19.9 Å². The number of hydrogen-bond acceptors (Lipinski definition) is 3. The van der Waals surface area contributed by atoms with Gasteiger partial charge in [0.15, 0.2) is 0 Å². The molecule has 1 aromatic carbocycles. The van der Waals surface area contributed by atoms with Crippen LogP contribution in [0.1, 0.15) is 60.7 Å². The van der Waals surface area contributed by atoms with Gasteiger partial charge in [-0.05, 0) is 47.9 Å². The maximum absolute atomic E-state index is 5.01. The van der Waals surface area contributed by atoms with Gasteiger partial charge in [-0.2, -0.15) is 0 Å². The summed E-state index contributed by atoms with van der Waals surface area (Å²) < 4.78 is 0. The molecule has 1 fully saturated rings. The highest BCUT2D eigenvalue weighted by atomic mass is 15.1. The summed E-state index contributed by atoms with van der Waals surface area (Å²) >= 11 is 0. The van der Waals surface area contributed by atoms with Gasteiger partial charge >= 0.3 is 0 Å². The molecule has 0 amide bonds. The molecule has 3 heterocycles. The molecule has 1 N–H and O–H groups in total. The van der Waals surface area contributed by atoms with E-state index >= 15 is 0 Å². The Morgan fingerprint density at radius 1 is 1.12 bits per heavy atom. The fourth-order valence-corrected chi connectivity index (χ4v) is 4.52. The molecule has 0 saturated heterocycles. The van der Waals surface area contributed by atoms with E-state index in [0.717, 1.165) is 31.9 Å². The molecule has 0 unspecified atom stereocenters. The monoisotopic (exact) mass is 346 g/mol. The molecule has 2 aromatic heterocycles. The van der Waals surface area contributed by atoms with E-state index in [1.165, 1.54) is 59.8 Å². The smallest absolute Gasteiger partial charge is 0.131 e. The van der Waals surface area contributed by atoms with Crippen LogP contribution in [0.25, 0.3) is 10.9 Å². The molecule has 0 spiro atoms. The SMILES string of the molecule is c1cc2ccc(CN3CCc4cnc(C5CCCCC5)nc4C3)cc2[nH]1. The number of rotatable bonds is 3. The molecule has 0 bridgehead atoms. The van der Waals surface area contributed by atoms with E-state index in [1.54, 1.807) is 0 Å². The van der Waals surface area contributed by atoms with Gasteiger partial charge in [-0.3, -0.25) is 4.90 Å². The minimum atomic E-state index is 0.583. The Bertz CT molecular complexity index is 907. The van der Waals surface area contributed by atoms with E-state index in [2.05, 4.69) is 40.3 Å². The number of H-pyrrole nitrogens is 1. The summed E-state index contributed by atoms with van der Waals surface area (Å²) in [6, 6.07) is 8.86. The average molecular weight is 346 g/mol. The highest BCUT2D eigenvalue weighted by Gasteiger charge is 2.22. The molecule has 2 aliphatic rings. The number of aromatic nitrogens is 3. The van der Waals surface area contributed by atoms with Gasteiger partial charge in [0.25, 0.3) is 0 Å². The van der Waals surface area contributed by atoms with Crippen molar-refractivity contribution in [2.45, 2.75) is 57.5 Å². The van der Waals surface area contributed by atoms with E-state index in [9.17, 15) is 0 Å². The topological polar surface area (TPSA) is 44.8 Å². The molecule has 5 rings (SSSR count). The van der Waals surface area contributed by atoms with E-state index in [1.807, 2.05) is 6.20 Å². The Hall–Kier alpha value is -2.20. The number of hydrogen-bond donors (Lipinski definition) is 1. The number of benzene rings is 1. The van der Waals surface area contributed by atoms with E-state index < -0.39 is 0 Å². The summed E-state index contributed by atoms with van der Waals surface area (Å²) in [6.45, 7) is 3.01. The second-order valence-electron chi connectivity index (χ2n) is 7.89. The third-order valence-electron chi connectivity index (χ3n) is 6.04. The van der Waals surface area contributed by atoms with Crippen LogP contribution in [0.4, 0.5) is 0 Å². The largest absolute Gasteiger partial charge is 0.361 e. The number of nitrogens with zero attached hydrogens (tertiary/aromatic N) is 3. The van der Waals surface area contributed by atoms with Crippen LogP contribution in [-0.4, -0.2) is 26.4 Å². The fourth-order valence-electron chi connectivity index (χ4n) is 4.52. The van der Waals surface area contributed by atoms with E-state index in [0.29, 0.717) is 5.92 Å². The number of nitrogens with one attached hydrogen (secondary N) is 1. The summed E-state index contributed by atoms with van der Waals surface area (Å²) in [4.78, 5) is 15.6. The molecule has 4 heteroatoms. The summed E-state index contributed by atoms with van der Waals surface area (Å²) in [5.74, 6) is 1.68. The molecule has 0 atom stereocenters. The van der Waals surface area contributed by atoms with Crippen LogP contribution in [0.5, 0.6) is 0 Å². The van der Waals surface area contributed by atoms with Gasteiger partial charge < -0.3 is 4.98 Å². The zero-order chi connectivity index (χ0) is 17.3. The summed E-state index contributed by atoms with van der Waals surface area (Å²) in [7, 11) is 0. The lowest BCUT2D eigenvalue weighted by Gasteiger charge is -2.29. The summed E-state index contributed by atoms with van der Waals surface area (Å²) in [6.07, 6.45) is 11.7. The number of aromatic amines is 1. The molecule has 0 radical (unpaired) electrons. The third-order valence-corrected chi connectivity index (χ3v) is 6.04. The van der Waals surface area contributed by atoms with Crippen molar-refractivity contribution in [1.29, 1.82) is 0 Å². The van der Waals surface area contributed by atoms with E-state index in [4.69, 9.17) is 9.97 Å². The summed E-state index contributed by atoms with van der Waals surface area (Å²) in [5.41, 5.74) is 5.19. The van der Waals surface area contributed by atoms with Gasteiger partial charge in [-0.15, -0.1) is 0 Å². The van der Waals surface area contributed by atoms with Crippen molar-refractivity contribution in [2.75, 3.05) is 6.54 Å². The minimum Gasteiger partial charge on any atom is -0.361 e. The zero-order valence-electron chi connectivity index (χ0n) is 15.2. The van der Waals surface area contributed by atoms with Crippen LogP contribution in [0.2, 0.25) is 0 Å². The molecule has 4 nitrogen and oxygen atoms in total. The predicted octanol–water partition coefficient (Wildman–Crippen LogP) is 4.56. The van der Waals surface area contributed by atoms with Crippen LogP contribution in [0.3, 0.4) is 0 Å². The van der Waals surface area contributed by atoms with Crippen LogP contribution in [0, 0.1) is 0 Å². The Morgan fingerprint density at radius 3 is 2.96 bits per heavy atom. The first-order valence-corrected chi connectivity index (χ1v) is 9.98. The summed E-state index contributed by atoms with van der Waals surface area (Å²) in [5, 5.41) is 1.28. The molecule has 1 aliphatic carbocycles. The maximum atomic E-state index is 5.01. The molecule has 1 saturated carbocycles. The van der Waals surface area contributed by atoms with E-state index in [-0.39, 0.29) is 0 Å². The van der Waals surface area contributed by atoms with Crippen LogP contribution in [-0.2, 0) is 19.5 Å². The van der Waals surface area contributed by atoms with Crippen LogP contribution >= 0.6 is 0 Å². The molecule has 134 valence electrons. The van der Waals surface area contributed by atoms with Gasteiger partial charge in [0.05, 0.1) is 5.69 Å². The fraction of sp³-hybridized carbons (Fsp3) is 0.455. The lowest BCUT2D eigenvalue weighted by atomic mass is 9.88. The first kappa shape index (κ1) is 16.0. The van der Waals surface area contributed by atoms with Crippen molar-refractivity contribution in [3.63, 3.8) is 0 Å². The van der Waals surface area contributed by atoms with Crippen LogP contribution < -0.4 is 0 Å². The molecule has 1 aliphatic heterocycles. The van der Waals surface area contributed by atoms with Gasteiger partial charge in [0, 0.05) is 43.5 Å². The Morgan fingerprint density at radius 2 is 2.04 bits per heavy atom. The van der Waals surface area contributed by atoms with Crippen molar-refractivity contribution in [2.24, 2.45) is 0 Å². The predicted molar refractivity (Wildman–Crippen MR) is 104 cm³/mol. The van der Waals surface area contributed by atoms with Crippen molar-refractivity contribution >= 4 is 10.9 Å². The normalized spacial score (nSPS) is 18.9. The van der Waals surface area contributed by atoms with Crippen molar-refractivity contribution < 1.29 is 0 Å². The van der Waals surface area contributed by atoms with Crippen molar-refractivity contribution in [3.8, 4) is 0 Å². The van der Waals surface area contributed by atoms with Crippen LogP contribution in [0.15, 0.2) is 36.7 Å². The lowest BCUT2D eigenvalue weighted by Crippen LogP contribution is -2.31. The molecule has 3 aromatic rings. The van der Waals surface area contributed by atoms with Crippen molar-refractivity contribution in [3.05, 3.63) is 59.3 Å². The lowest BCUT2D eigenvalue weighted by molar-refractivity contribution is 0.240. The molecular formula is C22H26N4. The quantitative estimate of drug-likeness (QED) is 0.756. The Labute approximate surface area is 154 Å². The third kappa shape index (κ3) is 3.14. The standard InChI is InChI=1S/C22H26N4/c1-2-4-18(5-3-1)22-24-13-19-9-11-26(15-21(19)25-22)14-16-6-7-17-8-10-23-20(17)12-16/h6-8,10,12-13,18,23H,1-5,9,11,14-15H2. The zero-order valence-corrected chi connectivity index (χ0v) is 15.2. The Balaban J connectivity index is 1.33. The first-order valence-electron chi connectivity index (χ1n) is 9.98. The first-order chi connectivity index (χ1) is 12.8. The molecular weight excluding hydrogens is 320 g/mol. The maximum Gasteiger partial charge on any atom is 0.131 e. The second kappa shape index (κ2) is 6.84. The van der Waals surface area contributed by atoms with Gasteiger partial charge in [-0.1, -0.05) is 31.4 Å². The minimum absolute atomic E-state index is 0.583. The highest BCUT2D eigenvalue weighted by Crippen LogP contribution is 2.31. The van der Waals surface area contributed by atoms with Gasteiger partial charge in [0.2, 0.25) is 0 Å². The van der Waals surface area contributed by atoms with Gasteiger partial charge in [0.1, 0.15) is 5.82 Å². The highest BCUT2D eigenvalue weighted by molar-refractivity contribution is 5.79. The molecule has 26 heavy (non-hydrogen) atoms. The Kier molecular flexibility index (Phi) is 4.21. The second-order valence-corrected chi connectivity index (χ2v) is 7.89.